The minimum atomic E-state index is -4.05. The largest absolute Gasteiger partial charge is 0.490 e. The van der Waals surface area contributed by atoms with Gasteiger partial charge in [-0.2, -0.15) is 13.7 Å². The van der Waals surface area contributed by atoms with Crippen molar-refractivity contribution in [3.63, 3.8) is 0 Å². The summed E-state index contributed by atoms with van der Waals surface area (Å²) in [7, 11) is -4.05. The average molecular weight is 386 g/mol. The molecular formula is C19H18N2O5S. The van der Waals surface area contributed by atoms with Gasteiger partial charge in [-0.25, -0.2) is 0 Å². The molecule has 0 spiro atoms. The molecule has 7 nitrogen and oxygen atoms in total. The smallest absolute Gasteiger partial charge is 0.339 e. The number of nitrogens with zero attached hydrogens (tertiary/aromatic N) is 1. The van der Waals surface area contributed by atoms with Crippen molar-refractivity contribution in [2.75, 3.05) is 6.61 Å². The van der Waals surface area contributed by atoms with E-state index in [1.807, 2.05) is 6.92 Å². The van der Waals surface area contributed by atoms with Crippen LogP contribution in [0, 0.1) is 18.3 Å². The van der Waals surface area contributed by atoms with Gasteiger partial charge in [-0.1, -0.05) is 23.8 Å². The summed E-state index contributed by atoms with van der Waals surface area (Å²) >= 11 is 0. The Hall–Kier alpha value is -3.31. The van der Waals surface area contributed by atoms with Crippen LogP contribution in [0.1, 0.15) is 18.1 Å². The maximum absolute atomic E-state index is 12.5. The number of nitrogens with two attached hydrogens (primary N) is 1. The lowest BCUT2D eigenvalue weighted by Gasteiger charge is -2.13. The lowest BCUT2D eigenvalue weighted by atomic mass is 10.1. The Morgan fingerprint density at radius 3 is 2.41 bits per heavy atom. The molecule has 0 fully saturated rings. The molecule has 0 aliphatic heterocycles. The molecule has 0 saturated carbocycles. The maximum Gasteiger partial charge on any atom is 0.339 e. The van der Waals surface area contributed by atoms with E-state index in [1.165, 1.54) is 36.4 Å². The first-order valence-corrected chi connectivity index (χ1v) is 9.37. The zero-order valence-corrected chi connectivity index (χ0v) is 15.6. The molecule has 0 unspecified atom stereocenters. The van der Waals surface area contributed by atoms with Crippen LogP contribution < -0.4 is 14.7 Å². The Morgan fingerprint density at radius 1 is 1.19 bits per heavy atom. The van der Waals surface area contributed by atoms with E-state index in [2.05, 4.69) is 0 Å². The first-order valence-electron chi connectivity index (χ1n) is 7.96. The van der Waals surface area contributed by atoms with Gasteiger partial charge >= 0.3 is 10.1 Å². The number of amides is 1. The molecule has 0 bridgehead atoms. The quantitative estimate of drug-likeness (QED) is 0.444. The average Bonchev–Trinajstić information content (AvgIpc) is 2.62. The van der Waals surface area contributed by atoms with Gasteiger partial charge in [-0.05, 0) is 49.8 Å². The molecule has 0 aromatic heterocycles. The number of ether oxygens (including phenoxy) is 1. The molecule has 27 heavy (non-hydrogen) atoms. The minimum absolute atomic E-state index is 0.00726. The van der Waals surface area contributed by atoms with Crippen LogP contribution >= 0.6 is 0 Å². The molecule has 0 aliphatic rings. The fourth-order valence-corrected chi connectivity index (χ4v) is 3.09. The zero-order valence-electron chi connectivity index (χ0n) is 14.8. The van der Waals surface area contributed by atoms with E-state index >= 15 is 0 Å². The molecule has 2 aromatic rings. The number of primary amides is 1. The van der Waals surface area contributed by atoms with Gasteiger partial charge in [-0.3, -0.25) is 4.79 Å². The summed E-state index contributed by atoms with van der Waals surface area (Å²) in [6, 6.07) is 12.3. The van der Waals surface area contributed by atoms with Crippen LogP contribution in [0.4, 0.5) is 0 Å². The van der Waals surface area contributed by atoms with Crippen molar-refractivity contribution in [1.82, 2.24) is 0 Å². The fourth-order valence-electron chi connectivity index (χ4n) is 2.15. The molecule has 0 aliphatic carbocycles. The zero-order chi connectivity index (χ0) is 20.0. The summed E-state index contributed by atoms with van der Waals surface area (Å²) in [5, 5.41) is 8.93. The van der Waals surface area contributed by atoms with Gasteiger partial charge in [0.2, 0.25) is 0 Å². The number of hydrogen-bond acceptors (Lipinski definition) is 6. The Labute approximate surface area is 157 Å². The third-order valence-electron chi connectivity index (χ3n) is 3.47. The Morgan fingerprint density at radius 2 is 1.85 bits per heavy atom. The molecular weight excluding hydrogens is 368 g/mol. The van der Waals surface area contributed by atoms with Gasteiger partial charge in [0.15, 0.2) is 11.5 Å². The number of rotatable bonds is 7. The molecule has 2 rings (SSSR count). The van der Waals surface area contributed by atoms with Gasteiger partial charge in [0.05, 0.1) is 6.61 Å². The molecule has 0 atom stereocenters. The van der Waals surface area contributed by atoms with Crippen molar-refractivity contribution in [3.8, 4) is 17.6 Å². The van der Waals surface area contributed by atoms with E-state index in [0.717, 1.165) is 5.56 Å². The van der Waals surface area contributed by atoms with Crippen molar-refractivity contribution >= 4 is 22.1 Å². The fraction of sp³-hybridized carbons (Fsp3) is 0.158. The Balaban J connectivity index is 2.41. The minimum Gasteiger partial charge on any atom is -0.490 e. The van der Waals surface area contributed by atoms with Gasteiger partial charge in [-0.15, -0.1) is 0 Å². The number of hydrogen-bond donors (Lipinski definition) is 1. The van der Waals surface area contributed by atoms with Crippen molar-refractivity contribution in [2.24, 2.45) is 5.73 Å². The van der Waals surface area contributed by atoms with Crippen LogP contribution in [0.3, 0.4) is 0 Å². The molecule has 2 aromatic carbocycles. The number of carbonyl (C=O) groups is 1. The Bertz CT molecular complexity index is 1020. The van der Waals surface area contributed by atoms with Crippen molar-refractivity contribution in [2.45, 2.75) is 18.7 Å². The van der Waals surface area contributed by atoms with Crippen molar-refractivity contribution < 1.29 is 22.1 Å². The molecule has 0 saturated heterocycles. The molecule has 0 heterocycles. The molecule has 1 amide bonds. The summed E-state index contributed by atoms with van der Waals surface area (Å²) in [6.07, 6.45) is 1.28. The van der Waals surface area contributed by atoms with E-state index in [0.29, 0.717) is 5.56 Å². The predicted octanol–water partition coefficient (Wildman–Crippen LogP) is 2.55. The maximum atomic E-state index is 12.5. The summed E-state index contributed by atoms with van der Waals surface area (Å²) < 4.78 is 35.6. The van der Waals surface area contributed by atoms with E-state index in [1.54, 1.807) is 25.1 Å². The van der Waals surface area contributed by atoms with Crippen LogP contribution in [-0.2, 0) is 14.9 Å². The normalized spacial score (nSPS) is 11.5. The second-order valence-corrected chi connectivity index (χ2v) is 7.07. The van der Waals surface area contributed by atoms with Crippen LogP contribution in [0.2, 0.25) is 0 Å². The summed E-state index contributed by atoms with van der Waals surface area (Å²) in [4.78, 5) is 11.2. The summed E-state index contributed by atoms with van der Waals surface area (Å²) in [5.74, 6) is -0.714. The number of aryl methyl sites for hydroxylation is 1. The SMILES string of the molecule is CCOc1cc(/C=C(\C#N)C(N)=O)ccc1OS(=O)(=O)c1ccc(C)cc1. The number of nitriles is 1. The third kappa shape index (κ3) is 5.09. The Kier molecular flexibility index (Phi) is 6.21. The highest BCUT2D eigenvalue weighted by atomic mass is 32.2. The van der Waals surface area contributed by atoms with Gasteiger partial charge in [0.25, 0.3) is 5.91 Å². The third-order valence-corrected chi connectivity index (χ3v) is 4.72. The first-order chi connectivity index (χ1) is 12.8. The van der Waals surface area contributed by atoms with Crippen LogP contribution in [-0.4, -0.2) is 20.9 Å². The second kappa shape index (κ2) is 8.38. The van der Waals surface area contributed by atoms with E-state index in [9.17, 15) is 13.2 Å². The lowest BCUT2D eigenvalue weighted by molar-refractivity contribution is -0.114. The topological polar surface area (TPSA) is 119 Å². The monoisotopic (exact) mass is 386 g/mol. The summed E-state index contributed by atoms with van der Waals surface area (Å²) in [6.45, 7) is 3.83. The highest BCUT2D eigenvalue weighted by Gasteiger charge is 2.19. The molecule has 2 N–H and O–H groups in total. The standard InChI is InChI=1S/C19H18N2O5S/c1-3-25-18-11-14(10-15(12-20)19(21)22)6-9-17(18)26-27(23,24)16-7-4-13(2)5-8-16/h4-11H,3H2,1-2H3,(H2,21,22)/b15-10+. The van der Waals surface area contributed by atoms with Gasteiger partial charge in [0, 0.05) is 0 Å². The highest BCUT2D eigenvalue weighted by molar-refractivity contribution is 7.87. The number of carbonyl (C=O) groups excluding carboxylic acids is 1. The first kappa shape index (κ1) is 20.0. The van der Waals surface area contributed by atoms with E-state index in [4.69, 9.17) is 19.9 Å². The van der Waals surface area contributed by atoms with Gasteiger partial charge in [0.1, 0.15) is 16.5 Å². The molecule has 0 radical (unpaired) electrons. The van der Waals surface area contributed by atoms with Crippen LogP contribution in [0.5, 0.6) is 11.5 Å². The van der Waals surface area contributed by atoms with E-state index < -0.39 is 16.0 Å². The second-order valence-electron chi connectivity index (χ2n) is 5.52. The van der Waals surface area contributed by atoms with Gasteiger partial charge < -0.3 is 14.7 Å². The number of benzene rings is 2. The summed E-state index contributed by atoms with van der Waals surface area (Å²) in [5.41, 5.74) is 6.24. The molecule has 8 heteroatoms. The van der Waals surface area contributed by atoms with Crippen molar-refractivity contribution in [3.05, 3.63) is 59.2 Å². The van der Waals surface area contributed by atoms with E-state index in [-0.39, 0.29) is 28.6 Å². The van der Waals surface area contributed by atoms with Crippen LogP contribution in [0.25, 0.3) is 6.08 Å². The predicted molar refractivity (Wildman–Crippen MR) is 99.4 cm³/mol. The molecule has 140 valence electrons. The van der Waals surface area contributed by atoms with Crippen LogP contribution in [0.15, 0.2) is 52.9 Å². The lowest BCUT2D eigenvalue weighted by Crippen LogP contribution is -2.12. The van der Waals surface area contributed by atoms with Crippen molar-refractivity contribution in [1.29, 1.82) is 5.26 Å². The highest BCUT2D eigenvalue weighted by Crippen LogP contribution is 2.32.